The second-order valence-electron chi connectivity index (χ2n) is 6.52. The Morgan fingerprint density at radius 2 is 2.04 bits per heavy atom. The van der Waals surface area contributed by atoms with Crippen LogP contribution in [0.25, 0.3) is 0 Å². The summed E-state index contributed by atoms with van der Waals surface area (Å²) in [7, 11) is 5.25. The van der Waals surface area contributed by atoms with E-state index in [9.17, 15) is 4.79 Å². The van der Waals surface area contributed by atoms with Gasteiger partial charge < -0.3 is 9.64 Å². The van der Waals surface area contributed by atoms with Crippen molar-refractivity contribution in [3.8, 4) is 5.75 Å². The number of benzene rings is 1. The molecular formula is C19H24N4O2. The molecule has 3 rings (SSSR count). The van der Waals surface area contributed by atoms with Gasteiger partial charge in [0, 0.05) is 33.0 Å². The molecule has 132 valence electrons. The fraction of sp³-hybridized carbons (Fsp3) is 0.421. The maximum Gasteiger partial charge on any atom is 0.248 e. The summed E-state index contributed by atoms with van der Waals surface area (Å²) in [6, 6.07) is 7.98. The Hall–Kier alpha value is -2.47. The molecule has 0 radical (unpaired) electrons. The lowest BCUT2D eigenvalue weighted by atomic mass is 9.90. The van der Waals surface area contributed by atoms with Crippen LogP contribution < -0.4 is 4.74 Å². The third-order valence-corrected chi connectivity index (χ3v) is 4.79. The predicted octanol–water partition coefficient (Wildman–Crippen LogP) is 2.06. The van der Waals surface area contributed by atoms with Gasteiger partial charge in [-0.2, -0.15) is 0 Å². The number of nitrogens with zero attached hydrogens (tertiary/aromatic N) is 4. The Balaban J connectivity index is 1.96. The van der Waals surface area contributed by atoms with Gasteiger partial charge in [0.25, 0.3) is 0 Å². The van der Waals surface area contributed by atoms with E-state index in [1.165, 1.54) is 0 Å². The van der Waals surface area contributed by atoms with E-state index in [1.807, 2.05) is 24.3 Å². The summed E-state index contributed by atoms with van der Waals surface area (Å²) in [6.45, 7) is 1.53. The molecule has 2 heterocycles. The molecule has 1 aliphatic heterocycles. The van der Waals surface area contributed by atoms with Crippen molar-refractivity contribution < 1.29 is 9.53 Å². The van der Waals surface area contributed by atoms with E-state index in [2.05, 4.69) is 14.9 Å². The molecule has 1 amide bonds. The van der Waals surface area contributed by atoms with E-state index in [0.717, 1.165) is 36.4 Å². The van der Waals surface area contributed by atoms with Crippen LogP contribution in [0.2, 0.25) is 0 Å². The van der Waals surface area contributed by atoms with Crippen molar-refractivity contribution in [2.24, 2.45) is 0 Å². The Kier molecular flexibility index (Phi) is 4.99. The molecule has 0 saturated carbocycles. The minimum atomic E-state index is -0.752. The van der Waals surface area contributed by atoms with Gasteiger partial charge in [-0.15, -0.1) is 0 Å². The molecule has 1 aromatic carbocycles. The number of methoxy groups -OCH3 is 1. The van der Waals surface area contributed by atoms with Gasteiger partial charge in [0.15, 0.2) is 0 Å². The van der Waals surface area contributed by atoms with E-state index in [-0.39, 0.29) is 5.91 Å². The summed E-state index contributed by atoms with van der Waals surface area (Å²) in [5.41, 5.74) is 1.11. The molecule has 1 aliphatic rings. The summed E-state index contributed by atoms with van der Waals surface area (Å²) in [5.74, 6) is 0.883. The Morgan fingerprint density at radius 1 is 1.28 bits per heavy atom. The maximum absolute atomic E-state index is 13.2. The Labute approximate surface area is 148 Å². The zero-order valence-corrected chi connectivity index (χ0v) is 15.0. The smallest absolute Gasteiger partial charge is 0.248 e. The highest BCUT2D eigenvalue weighted by Crippen LogP contribution is 2.40. The summed E-state index contributed by atoms with van der Waals surface area (Å²) >= 11 is 0. The van der Waals surface area contributed by atoms with E-state index in [4.69, 9.17) is 4.74 Å². The number of amides is 1. The number of carbonyl (C=O) groups excluding carboxylic acids is 1. The number of likely N-dealkylation sites (N-methyl/N-ethyl adjacent to an activating group) is 1. The number of aromatic nitrogens is 2. The first kappa shape index (κ1) is 17.4. The minimum Gasteiger partial charge on any atom is -0.497 e. The summed E-state index contributed by atoms with van der Waals surface area (Å²) < 4.78 is 5.23. The third-order valence-electron chi connectivity index (χ3n) is 4.79. The first-order valence-electron chi connectivity index (χ1n) is 8.44. The van der Waals surface area contributed by atoms with Gasteiger partial charge in [0.2, 0.25) is 5.91 Å². The number of rotatable bonds is 5. The third kappa shape index (κ3) is 3.22. The Bertz CT molecular complexity index is 718. The molecule has 2 aromatic rings. The standard InChI is InChI=1S/C19H24N4O2/c1-22(2)18(24)19(17-13-20-10-11-21-17)9-4-12-23(19)14-15-5-7-16(25-3)8-6-15/h5-8,10-11,13H,4,9,12,14H2,1-3H3/t19-/m1/s1. The molecule has 1 aromatic heterocycles. The highest BCUT2D eigenvalue weighted by atomic mass is 16.5. The fourth-order valence-corrected chi connectivity index (χ4v) is 3.56. The predicted molar refractivity (Wildman–Crippen MR) is 95.0 cm³/mol. The molecule has 0 aliphatic carbocycles. The zero-order chi connectivity index (χ0) is 17.9. The van der Waals surface area contributed by atoms with Crippen LogP contribution >= 0.6 is 0 Å². The highest BCUT2D eigenvalue weighted by Gasteiger charge is 2.50. The first-order chi connectivity index (χ1) is 12.1. The van der Waals surface area contributed by atoms with E-state index in [0.29, 0.717) is 6.54 Å². The van der Waals surface area contributed by atoms with Crippen molar-refractivity contribution in [3.05, 3.63) is 54.1 Å². The highest BCUT2D eigenvalue weighted by molar-refractivity contribution is 5.87. The van der Waals surface area contributed by atoms with Gasteiger partial charge in [0.05, 0.1) is 19.0 Å². The quantitative estimate of drug-likeness (QED) is 0.834. The molecule has 6 heteroatoms. The second kappa shape index (κ2) is 7.19. The van der Waals surface area contributed by atoms with Crippen LogP contribution in [-0.4, -0.2) is 53.4 Å². The summed E-state index contributed by atoms with van der Waals surface area (Å²) in [4.78, 5) is 25.7. The molecule has 25 heavy (non-hydrogen) atoms. The number of likely N-dealkylation sites (tertiary alicyclic amines) is 1. The molecule has 1 atom stereocenters. The van der Waals surface area contributed by atoms with Crippen LogP contribution in [0.4, 0.5) is 0 Å². The van der Waals surface area contributed by atoms with Gasteiger partial charge in [-0.1, -0.05) is 12.1 Å². The summed E-state index contributed by atoms with van der Waals surface area (Å²) in [5, 5.41) is 0. The largest absolute Gasteiger partial charge is 0.497 e. The van der Waals surface area contributed by atoms with Crippen molar-refractivity contribution in [3.63, 3.8) is 0 Å². The van der Waals surface area contributed by atoms with Gasteiger partial charge >= 0.3 is 0 Å². The van der Waals surface area contributed by atoms with Crippen LogP contribution in [0.1, 0.15) is 24.1 Å². The number of hydrogen-bond donors (Lipinski definition) is 0. The Morgan fingerprint density at radius 3 is 2.64 bits per heavy atom. The van der Waals surface area contributed by atoms with E-state index < -0.39 is 5.54 Å². The van der Waals surface area contributed by atoms with Crippen molar-refractivity contribution in [1.82, 2.24) is 19.8 Å². The molecule has 1 fully saturated rings. The first-order valence-corrected chi connectivity index (χ1v) is 8.44. The molecule has 0 unspecified atom stereocenters. The minimum absolute atomic E-state index is 0.0546. The normalized spacial score (nSPS) is 20.4. The fourth-order valence-electron chi connectivity index (χ4n) is 3.56. The monoisotopic (exact) mass is 340 g/mol. The van der Waals surface area contributed by atoms with Crippen LogP contribution in [0, 0.1) is 0 Å². The molecule has 0 spiro atoms. The van der Waals surface area contributed by atoms with Crippen molar-refractivity contribution in [1.29, 1.82) is 0 Å². The van der Waals surface area contributed by atoms with Gasteiger partial charge in [0.1, 0.15) is 11.3 Å². The van der Waals surface area contributed by atoms with E-state index >= 15 is 0 Å². The molecule has 0 N–H and O–H groups in total. The number of carbonyl (C=O) groups is 1. The molecule has 1 saturated heterocycles. The lowest BCUT2D eigenvalue weighted by molar-refractivity contribution is -0.141. The average molecular weight is 340 g/mol. The lowest BCUT2D eigenvalue weighted by Crippen LogP contribution is -2.52. The zero-order valence-electron chi connectivity index (χ0n) is 15.0. The van der Waals surface area contributed by atoms with E-state index in [1.54, 1.807) is 44.7 Å². The number of ether oxygens (including phenoxy) is 1. The lowest BCUT2D eigenvalue weighted by Gasteiger charge is -2.38. The summed E-state index contributed by atoms with van der Waals surface area (Å²) in [6.07, 6.45) is 6.71. The van der Waals surface area contributed by atoms with Crippen molar-refractivity contribution >= 4 is 5.91 Å². The van der Waals surface area contributed by atoms with Gasteiger partial charge in [-0.05, 0) is 37.1 Å². The molecule has 0 bridgehead atoms. The number of hydrogen-bond acceptors (Lipinski definition) is 5. The second-order valence-corrected chi connectivity index (χ2v) is 6.52. The molecular weight excluding hydrogens is 316 g/mol. The molecule has 6 nitrogen and oxygen atoms in total. The van der Waals surface area contributed by atoms with Gasteiger partial charge in [-0.3, -0.25) is 19.7 Å². The van der Waals surface area contributed by atoms with Crippen LogP contribution in [0.3, 0.4) is 0 Å². The topological polar surface area (TPSA) is 58.6 Å². The van der Waals surface area contributed by atoms with Crippen LogP contribution in [0.15, 0.2) is 42.9 Å². The van der Waals surface area contributed by atoms with Crippen molar-refractivity contribution in [2.75, 3.05) is 27.7 Å². The SMILES string of the molecule is COc1ccc(CN2CCC[C@]2(C(=O)N(C)C)c2cnccn2)cc1. The van der Waals surface area contributed by atoms with Gasteiger partial charge in [-0.25, -0.2) is 0 Å². The van der Waals surface area contributed by atoms with Crippen molar-refractivity contribution in [2.45, 2.75) is 24.9 Å². The van der Waals surface area contributed by atoms with Crippen LogP contribution in [0.5, 0.6) is 5.75 Å². The average Bonchev–Trinajstić information content (AvgIpc) is 3.06. The van der Waals surface area contributed by atoms with Crippen LogP contribution in [-0.2, 0) is 16.9 Å². The maximum atomic E-state index is 13.2.